The lowest BCUT2D eigenvalue weighted by atomic mass is 9.95. The van der Waals surface area contributed by atoms with E-state index in [-0.39, 0.29) is 5.58 Å². The van der Waals surface area contributed by atoms with E-state index in [4.69, 9.17) is 8.83 Å². The van der Waals surface area contributed by atoms with E-state index < -0.39 is 11.9 Å². The number of hydrogen-bond acceptors (Lipinski definition) is 2. The summed E-state index contributed by atoms with van der Waals surface area (Å²) in [7, 11) is 0. The third kappa shape index (κ3) is 2.24. The van der Waals surface area contributed by atoms with Crippen LogP contribution < -0.4 is 0 Å². The molecule has 5 heteroatoms. The third-order valence-corrected chi connectivity index (χ3v) is 5.59. The van der Waals surface area contributed by atoms with Gasteiger partial charge in [-0.05, 0) is 63.5 Å². The van der Waals surface area contributed by atoms with Crippen LogP contribution in [0.4, 0.5) is 13.2 Å². The van der Waals surface area contributed by atoms with Crippen LogP contribution in [-0.2, 0) is 6.18 Å². The summed E-state index contributed by atoms with van der Waals surface area (Å²) < 4.78 is 50.0. The Hall–Kier alpha value is -3.47. The topological polar surface area (TPSA) is 26.3 Å². The summed E-state index contributed by atoms with van der Waals surface area (Å²) in [6.07, 6.45) is -4.51. The first-order valence-electron chi connectivity index (χ1n) is 9.18. The Labute approximate surface area is 162 Å². The monoisotopic (exact) mass is 390 g/mol. The van der Waals surface area contributed by atoms with Crippen molar-refractivity contribution in [3.8, 4) is 0 Å². The van der Waals surface area contributed by atoms with E-state index in [2.05, 4.69) is 6.07 Å². The smallest absolute Gasteiger partial charge is 0.449 e. The molecule has 2 nitrogen and oxygen atoms in total. The predicted octanol–water partition coefficient (Wildman–Crippen LogP) is 7.97. The fourth-order valence-corrected chi connectivity index (χ4v) is 4.34. The number of rotatable bonds is 0. The molecular weight excluding hydrogens is 377 g/mol. The fourth-order valence-electron chi connectivity index (χ4n) is 4.34. The summed E-state index contributed by atoms with van der Waals surface area (Å²) >= 11 is 0. The lowest BCUT2D eigenvalue weighted by molar-refractivity contribution is -0.152. The van der Waals surface area contributed by atoms with E-state index in [1.165, 1.54) is 0 Å². The molecule has 2 aromatic heterocycles. The molecular formula is C24H13F3O2. The average molecular weight is 390 g/mol. The van der Waals surface area contributed by atoms with Gasteiger partial charge >= 0.3 is 6.18 Å². The van der Waals surface area contributed by atoms with Gasteiger partial charge in [-0.3, -0.25) is 0 Å². The van der Waals surface area contributed by atoms with Crippen LogP contribution in [0.5, 0.6) is 0 Å². The minimum Gasteiger partial charge on any atom is -0.461 e. The van der Waals surface area contributed by atoms with Crippen LogP contribution in [-0.4, -0.2) is 0 Å². The molecule has 142 valence electrons. The first-order valence-corrected chi connectivity index (χ1v) is 9.18. The van der Waals surface area contributed by atoms with E-state index in [0.717, 1.165) is 55.1 Å². The first-order chi connectivity index (χ1) is 13.9. The molecule has 0 unspecified atom stereocenters. The van der Waals surface area contributed by atoms with Crippen molar-refractivity contribution >= 4 is 54.3 Å². The van der Waals surface area contributed by atoms with E-state index in [1.807, 2.05) is 49.4 Å². The lowest BCUT2D eigenvalue weighted by Crippen LogP contribution is -2.01. The van der Waals surface area contributed by atoms with Gasteiger partial charge in [0.05, 0.1) is 0 Å². The second kappa shape index (κ2) is 5.32. The zero-order valence-corrected chi connectivity index (χ0v) is 15.2. The van der Waals surface area contributed by atoms with Crippen LogP contribution in [0, 0.1) is 6.92 Å². The Morgan fingerprint density at radius 3 is 1.48 bits per heavy atom. The highest BCUT2D eigenvalue weighted by Crippen LogP contribution is 2.40. The summed E-state index contributed by atoms with van der Waals surface area (Å²) in [6, 6.07) is 18.5. The zero-order chi connectivity index (χ0) is 19.9. The second-order valence-electron chi connectivity index (χ2n) is 7.34. The van der Waals surface area contributed by atoms with Crippen molar-refractivity contribution in [1.29, 1.82) is 0 Å². The molecule has 0 aliphatic rings. The molecule has 0 fully saturated rings. The lowest BCUT2D eigenvalue weighted by Gasteiger charge is -2.08. The molecule has 4 aromatic carbocycles. The number of benzene rings is 4. The van der Waals surface area contributed by atoms with Gasteiger partial charge in [-0.25, -0.2) is 0 Å². The van der Waals surface area contributed by atoms with Crippen molar-refractivity contribution in [1.82, 2.24) is 0 Å². The largest absolute Gasteiger partial charge is 0.461 e. The fraction of sp³-hybridized carbons (Fsp3) is 0.0833. The molecule has 0 saturated carbocycles. The average Bonchev–Trinajstić information content (AvgIpc) is 3.29. The van der Waals surface area contributed by atoms with Gasteiger partial charge in [-0.15, -0.1) is 0 Å². The third-order valence-electron chi connectivity index (χ3n) is 5.59. The standard InChI is InChI=1S/C24H13F3O2/c1-12-10-19-17-4-2-14-13(15(17)6-8-21(19)28-12)3-5-18-16(14)7-9-22-20(18)11-23(29-22)24(25,26)27/h2-11H,1H3. The van der Waals surface area contributed by atoms with Crippen molar-refractivity contribution in [2.45, 2.75) is 13.1 Å². The number of halogens is 3. The van der Waals surface area contributed by atoms with Gasteiger partial charge in [0.25, 0.3) is 0 Å². The van der Waals surface area contributed by atoms with Crippen LogP contribution in [0.15, 0.2) is 69.5 Å². The van der Waals surface area contributed by atoms with Crippen LogP contribution in [0.3, 0.4) is 0 Å². The number of aryl methyl sites for hydroxylation is 1. The maximum atomic E-state index is 13.1. The van der Waals surface area contributed by atoms with Gasteiger partial charge < -0.3 is 8.83 Å². The van der Waals surface area contributed by atoms with Crippen LogP contribution in [0.2, 0.25) is 0 Å². The van der Waals surface area contributed by atoms with Gasteiger partial charge in [0.1, 0.15) is 16.9 Å². The summed E-state index contributed by atoms with van der Waals surface area (Å²) in [4.78, 5) is 0. The number of hydrogen-bond donors (Lipinski definition) is 0. The molecule has 0 N–H and O–H groups in total. The maximum Gasteiger partial charge on any atom is 0.449 e. The summed E-state index contributed by atoms with van der Waals surface area (Å²) in [6.45, 7) is 1.92. The van der Waals surface area contributed by atoms with Crippen molar-refractivity contribution in [2.24, 2.45) is 0 Å². The van der Waals surface area contributed by atoms with Crippen molar-refractivity contribution in [3.63, 3.8) is 0 Å². The highest BCUT2D eigenvalue weighted by atomic mass is 19.4. The zero-order valence-electron chi connectivity index (χ0n) is 15.2. The highest BCUT2D eigenvalue weighted by molar-refractivity contribution is 6.24. The van der Waals surface area contributed by atoms with Gasteiger partial charge in [0.2, 0.25) is 5.76 Å². The maximum absolute atomic E-state index is 13.1. The molecule has 0 radical (unpaired) electrons. The van der Waals surface area contributed by atoms with Crippen molar-refractivity contribution < 1.29 is 22.0 Å². The highest BCUT2D eigenvalue weighted by Gasteiger charge is 2.35. The van der Waals surface area contributed by atoms with Crippen LogP contribution in [0.1, 0.15) is 11.5 Å². The Morgan fingerprint density at radius 2 is 0.966 bits per heavy atom. The van der Waals surface area contributed by atoms with Gasteiger partial charge in [0.15, 0.2) is 0 Å². The Kier molecular flexibility index (Phi) is 3.02. The molecule has 6 aromatic rings. The number of alkyl halides is 3. The normalized spacial score (nSPS) is 12.8. The minimum absolute atomic E-state index is 0.237. The minimum atomic E-state index is -4.51. The first kappa shape index (κ1) is 16.5. The number of fused-ring (bicyclic) bond motifs is 9. The van der Waals surface area contributed by atoms with Gasteiger partial charge in [0, 0.05) is 10.8 Å². The molecule has 2 heterocycles. The Morgan fingerprint density at radius 1 is 0.552 bits per heavy atom. The Bertz CT molecular complexity index is 1600. The van der Waals surface area contributed by atoms with Gasteiger partial charge in [-0.2, -0.15) is 13.2 Å². The summed E-state index contributed by atoms with van der Waals surface area (Å²) in [5, 5.41) is 7.39. The predicted molar refractivity (Wildman–Crippen MR) is 108 cm³/mol. The van der Waals surface area contributed by atoms with Gasteiger partial charge in [-0.1, -0.05) is 36.4 Å². The molecule has 0 saturated heterocycles. The van der Waals surface area contributed by atoms with E-state index in [9.17, 15) is 13.2 Å². The quantitative estimate of drug-likeness (QED) is 0.246. The van der Waals surface area contributed by atoms with Crippen molar-refractivity contribution in [2.75, 3.05) is 0 Å². The van der Waals surface area contributed by atoms with E-state index in [0.29, 0.717) is 5.39 Å². The molecule has 6 rings (SSSR count). The summed E-state index contributed by atoms with van der Waals surface area (Å²) in [5.41, 5.74) is 1.08. The molecule has 0 spiro atoms. The molecule has 0 atom stereocenters. The summed E-state index contributed by atoms with van der Waals surface area (Å²) in [5.74, 6) is -0.120. The molecule has 0 amide bonds. The second-order valence-corrected chi connectivity index (χ2v) is 7.34. The molecule has 0 bridgehead atoms. The molecule has 29 heavy (non-hydrogen) atoms. The molecule has 0 aliphatic carbocycles. The molecule has 0 aliphatic heterocycles. The Balaban J connectivity index is 1.72. The van der Waals surface area contributed by atoms with Crippen LogP contribution >= 0.6 is 0 Å². The number of furan rings is 2. The van der Waals surface area contributed by atoms with E-state index >= 15 is 0 Å². The van der Waals surface area contributed by atoms with E-state index in [1.54, 1.807) is 6.07 Å². The van der Waals surface area contributed by atoms with Crippen LogP contribution in [0.25, 0.3) is 54.3 Å². The SMILES string of the molecule is Cc1cc2c(ccc3c2ccc2c4ccc5oc(C(F)(F)F)cc5c4ccc32)o1. The van der Waals surface area contributed by atoms with Crippen molar-refractivity contribution in [3.05, 3.63) is 72.2 Å².